The molecule has 9 aliphatic rings. The predicted molar refractivity (Wildman–Crippen MR) is 228 cm³/mol. The minimum absolute atomic E-state index is 0.0225. The number of carbonyl (C=O) groups excluding carboxylic acids is 1. The van der Waals surface area contributed by atoms with Crippen LogP contribution in [-0.2, 0) is 16.2 Å². The Balaban J connectivity index is 1.04. The number of hydrogen-bond donors (Lipinski definition) is 2. The van der Waals surface area contributed by atoms with E-state index in [0.29, 0.717) is 62.5 Å². The molecule has 2 N–H and O–H groups in total. The molecule has 6 saturated carbocycles. The van der Waals surface area contributed by atoms with E-state index in [4.69, 9.17) is 16.0 Å². The van der Waals surface area contributed by atoms with Crippen molar-refractivity contribution >= 4 is 38.7 Å². The SMILES string of the molecule is CC1(C)C2CCC(CN(CC3(O)CCC4C56C=CC7(C=C5C(=O)c5ccc(-c8cc(C(F)(F)F)ccc8Cl)o5)CC(O)CCC7(C)C6CCC43C)S(=O)(=O)c3cccs3)C1C2. The van der Waals surface area contributed by atoms with Gasteiger partial charge in [0.1, 0.15) is 9.97 Å². The molecule has 12 rings (SSSR count). The Kier molecular flexibility index (Phi) is 9.44. The van der Waals surface area contributed by atoms with Crippen molar-refractivity contribution in [3.8, 4) is 11.3 Å². The van der Waals surface area contributed by atoms with Crippen LogP contribution in [0.2, 0.25) is 5.02 Å². The highest BCUT2D eigenvalue weighted by atomic mass is 35.5. The lowest BCUT2D eigenvalue weighted by molar-refractivity contribution is -0.175. The van der Waals surface area contributed by atoms with Crippen LogP contribution in [0.1, 0.15) is 108 Å². The lowest BCUT2D eigenvalue weighted by Gasteiger charge is -2.71. The van der Waals surface area contributed by atoms with Crippen molar-refractivity contribution in [2.45, 2.75) is 114 Å². The number of Topliss-reactive ketones (excluding diaryl/α,β-unsaturated/α-hetero) is 1. The summed E-state index contributed by atoms with van der Waals surface area (Å²) in [6.07, 6.45) is 8.49. The number of carbonyl (C=O) groups is 1. The number of furan rings is 1. The normalized spacial score (nSPS) is 39.6. The van der Waals surface area contributed by atoms with E-state index in [1.165, 1.54) is 29.5 Å². The summed E-state index contributed by atoms with van der Waals surface area (Å²) in [7, 11) is -3.95. The van der Waals surface area contributed by atoms with Gasteiger partial charge in [-0.15, -0.1) is 11.3 Å². The molecule has 2 heterocycles. The van der Waals surface area contributed by atoms with Gasteiger partial charge in [-0.25, -0.2) is 8.42 Å². The van der Waals surface area contributed by atoms with Crippen LogP contribution in [0.4, 0.5) is 13.2 Å². The third kappa shape index (κ3) is 5.82. The highest BCUT2D eigenvalue weighted by molar-refractivity contribution is 7.91. The van der Waals surface area contributed by atoms with Crippen molar-refractivity contribution in [1.29, 1.82) is 0 Å². The molecule has 0 radical (unpaired) electrons. The topological polar surface area (TPSA) is 108 Å². The number of fused-ring (bicyclic) bond motifs is 3. The van der Waals surface area contributed by atoms with Gasteiger partial charge >= 0.3 is 6.18 Å². The monoisotopic (exact) mass is 897 g/mol. The Bertz CT molecular complexity index is 2460. The van der Waals surface area contributed by atoms with Gasteiger partial charge in [0.25, 0.3) is 10.0 Å². The Labute approximate surface area is 365 Å². The summed E-state index contributed by atoms with van der Waals surface area (Å²) in [5, 5.41) is 26.3. The van der Waals surface area contributed by atoms with Crippen molar-refractivity contribution < 1.29 is 41.0 Å². The predicted octanol–water partition coefficient (Wildman–Crippen LogP) is 11.2. The summed E-state index contributed by atoms with van der Waals surface area (Å²) in [5.74, 6) is 0.601. The van der Waals surface area contributed by atoms with E-state index in [1.807, 2.05) is 0 Å². The molecule has 61 heavy (non-hydrogen) atoms. The molecule has 0 aliphatic heterocycles. The van der Waals surface area contributed by atoms with E-state index >= 15 is 4.79 Å². The largest absolute Gasteiger partial charge is 0.453 e. The highest BCUT2D eigenvalue weighted by Crippen LogP contribution is 2.78. The summed E-state index contributed by atoms with van der Waals surface area (Å²) in [6, 6.07) is 9.38. The molecule has 0 amide bonds. The first-order chi connectivity index (χ1) is 28.6. The van der Waals surface area contributed by atoms with Crippen LogP contribution >= 0.6 is 22.9 Å². The van der Waals surface area contributed by atoms with Crippen molar-refractivity contribution in [1.82, 2.24) is 4.31 Å². The average molecular weight is 899 g/mol. The van der Waals surface area contributed by atoms with Gasteiger partial charge in [-0.3, -0.25) is 4.79 Å². The van der Waals surface area contributed by atoms with Gasteiger partial charge in [0.15, 0.2) is 5.76 Å². The number of sulfonamides is 1. The second kappa shape index (κ2) is 13.6. The molecular weight excluding hydrogens is 843 g/mol. The molecule has 328 valence electrons. The number of ketones is 1. The molecule has 1 aromatic carbocycles. The number of aliphatic hydroxyl groups is 2. The van der Waals surface area contributed by atoms with Crippen LogP contribution in [0.3, 0.4) is 0 Å². The number of alkyl halides is 3. The van der Waals surface area contributed by atoms with Crippen LogP contribution in [0.5, 0.6) is 0 Å². The number of aliphatic hydroxyl groups excluding tert-OH is 1. The molecule has 13 heteroatoms. The smallest absolute Gasteiger partial charge is 0.416 e. The maximum atomic E-state index is 15.2. The fourth-order valence-electron chi connectivity index (χ4n) is 14.7. The summed E-state index contributed by atoms with van der Waals surface area (Å²) in [4.78, 5) is 15.2. The molecule has 7 nitrogen and oxygen atoms in total. The molecule has 4 bridgehead atoms. The van der Waals surface area contributed by atoms with E-state index in [1.54, 1.807) is 21.8 Å². The van der Waals surface area contributed by atoms with E-state index in [9.17, 15) is 31.8 Å². The number of thiophene rings is 1. The van der Waals surface area contributed by atoms with E-state index in [2.05, 4.69) is 45.9 Å². The second-order valence-corrected chi connectivity index (χ2v) is 24.4. The van der Waals surface area contributed by atoms with Gasteiger partial charge in [0.05, 0.1) is 22.3 Å². The van der Waals surface area contributed by atoms with Crippen LogP contribution in [-0.4, -0.2) is 53.5 Å². The summed E-state index contributed by atoms with van der Waals surface area (Å²) in [6.45, 7) is 9.31. The standard InChI is InChI=1S/C48H55ClF3NO6S2/c1-42(2)29-8-7-28(33(42)23-29)26-53(61(57,58)40-6-5-21-60-40)27-46(56)18-15-39-44(46,4)17-14-38-43(3)16-13-31(54)24-45(43)19-20-47(38,39)34(25-45)41(55)37-12-11-36(59-37)32-22-30(48(50,51)52)9-10-35(32)49/h5-6,9-12,19-22,25,28-29,31,33,38-39,54,56H,7-8,13-18,23-24,26-27H2,1-4H3. The first-order valence-corrected chi connectivity index (χ1v) is 24.7. The molecule has 3 aromatic rings. The van der Waals surface area contributed by atoms with Crippen LogP contribution in [0.25, 0.3) is 11.3 Å². The number of rotatable bonds is 9. The zero-order valence-electron chi connectivity index (χ0n) is 35.1. The van der Waals surface area contributed by atoms with Crippen molar-refractivity contribution in [3.05, 3.63) is 88.0 Å². The lowest BCUT2D eigenvalue weighted by atomic mass is 9.32. The Hall–Kier alpha value is -2.74. The molecule has 6 fully saturated rings. The summed E-state index contributed by atoms with van der Waals surface area (Å²) >= 11 is 7.61. The first kappa shape index (κ1) is 42.2. The number of halogens is 4. The first-order valence-electron chi connectivity index (χ1n) is 22.0. The van der Waals surface area contributed by atoms with Crippen LogP contribution in [0, 0.1) is 56.7 Å². The van der Waals surface area contributed by atoms with Gasteiger partial charge < -0.3 is 14.6 Å². The van der Waals surface area contributed by atoms with E-state index < -0.39 is 49.7 Å². The van der Waals surface area contributed by atoms with Gasteiger partial charge in [-0.05, 0) is 146 Å². The molecule has 11 unspecified atom stereocenters. The Morgan fingerprint density at radius 3 is 2.41 bits per heavy atom. The van der Waals surface area contributed by atoms with E-state index in [-0.39, 0.29) is 67.2 Å². The maximum Gasteiger partial charge on any atom is 0.416 e. The molecule has 9 aliphatic carbocycles. The minimum atomic E-state index is -4.61. The van der Waals surface area contributed by atoms with Crippen LogP contribution < -0.4 is 0 Å². The highest BCUT2D eigenvalue weighted by Gasteiger charge is 2.75. The zero-order valence-corrected chi connectivity index (χ0v) is 37.5. The van der Waals surface area contributed by atoms with Gasteiger partial charge in [0, 0.05) is 40.5 Å². The second-order valence-electron chi connectivity index (χ2n) is 20.9. The maximum absolute atomic E-state index is 15.2. The number of benzene rings is 1. The number of allylic oxidation sites excluding steroid dienone is 4. The van der Waals surface area contributed by atoms with Gasteiger partial charge in [-0.1, -0.05) is 63.6 Å². The molecule has 2 aromatic heterocycles. The molecule has 2 spiro atoms. The molecule has 11 atom stereocenters. The van der Waals surface area contributed by atoms with Crippen molar-refractivity contribution in [2.24, 2.45) is 56.7 Å². The van der Waals surface area contributed by atoms with Crippen molar-refractivity contribution in [3.63, 3.8) is 0 Å². The minimum Gasteiger partial charge on any atom is -0.453 e. The van der Waals surface area contributed by atoms with E-state index in [0.717, 1.165) is 37.8 Å². The van der Waals surface area contributed by atoms with Gasteiger partial charge in [0.2, 0.25) is 5.78 Å². The lowest BCUT2D eigenvalue weighted by Crippen LogP contribution is -2.67. The third-order valence-electron chi connectivity index (χ3n) is 18.3. The zero-order chi connectivity index (χ0) is 43.3. The summed E-state index contributed by atoms with van der Waals surface area (Å²) < 4.78 is 78.7. The summed E-state index contributed by atoms with van der Waals surface area (Å²) in [5.41, 5.74) is -4.20. The molecule has 0 saturated heterocycles. The van der Waals surface area contributed by atoms with Crippen LogP contribution in [0.15, 0.2) is 80.3 Å². The molecular formula is C48H55ClF3NO6S2. The average Bonchev–Trinajstić information content (AvgIpc) is 3.98. The Morgan fingerprint density at radius 1 is 0.967 bits per heavy atom. The van der Waals surface area contributed by atoms with Crippen molar-refractivity contribution in [2.75, 3.05) is 13.1 Å². The van der Waals surface area contributed by atoms with Gasteiger partial charge in [-0.2, -0.15) is 17.5 Å². The number of nitrogens with zero attached hydrogens (tertiary/aromatic N) is 1. The fraction of sp³-hybridized carbons (Fsp3) is 0.604. The quantitative estimate of drug-likeness (QED) is 0.164. The Morgan fingerprint density at radius 2 is 1.70 bits per heavy atom. The third-order valence-corrected chi connectivity index (χ3v) is 21.8. The number of hydrogen-bond acceptors (Lipinski definition) is 7. The fourth-order valence-corrected chi connectivity index (χ4v) is 17.6.